The molecule has 1 saturated carbocycles. The number of nitrogens with zero attached hydrogens (tertiary/aromatic N) is 1. The van der Waals surface area contributed by atoms with Crippen molar-refractivity contribution < 1.29 is 37.8 Å². The zero-order chi connectivity index (χ0) is 39.4. The van der Waals surface area contributed by atoms with Crippen molar-refractivity contribution in [3.63, 3.8) is 0 Å². The molecule has 1 fully saturated rings. The Bertz CT molecular complexity index is 2040. The molecule has 9 nitrogen and oxygen atoms in total. The molecule has 6 rings (SSSR count). The number of aromatic hydroxyl groups is 1. The quantitative estimate of drug-likeness (QED) is 0.0826. The Morgan fingerprint density at radius 1 is 0.818 bits per heavy atom. The Balaban J connectivity index is 0.000000757. The molecule has 1 aliphatic carbocycles. The van der Waals surface area contributed by atoms with Crippen LogP contribution in [0.4, 0.5) is 13.2 Å². The lowest BCUT2D eigenvalue weighted by Crippen LogP contribution is -2.32. The molecule has 1 aliphatic rings. The number of carboxylic acid groups (broad SMARTS) is 1. The van der Waals surface area contributed by atoms with Gasteiger partial charge >= 0.3 is 12.1 Å². The molecule has 0 atom stereocenters. The van der Waals surface area contributed by atoms with Gasteiger partial charge in [0.25, 0.3) is 5.91 Å². The number of benzene rings is 4. The number of H-pyrrole nitrogens is 1. The fourth-order valence-electron chi connectivity index (χ4n) is 6.88. The van der Waals surface area contributed by atoms with Crippen molar-refractivity contribution in [2.45, 2.75) is 57.7 Å². The maximum atomic E-state index is 13.8. The Morgan fingerprint density at radius 3 is 2.16 bits per heavy atom. The first kappa shape index (κ1) is 40.6. The van der Waals surface area contributed by atoms with Crippen molar-refractivity contribution in [3.8, 4) is 16.9 Å². The fraction of sp³-hybridized carbons (Fsp3) is 0.326. The molecule has 5 aromatic rings. The van der Waals surface area contributed by atoms with Gasteiger partial charge in [-0.15, -0.1) is 0 Å². The van der Waals surface area contributed by atoms with Gasteiger partial charge in [0.1, 0.15) is 5.75 Å². The summed E-state index contributed by atoms with van der Waals surface area (Å²) in [6, 6.07) is 31.4. The number of phenolic OH excluding ortho intramolecular Hbond substituents is 1. The normalized spacial score (nSPS) is 15.5. The minimum atomic E-state index is -5.08. The summed E-state index contributed by atoms with van der Waals surface area (Å²) in [6.07, 6.45) is 3.19. The van der Waals surface area contributed by atoms with Crippen LogP contribution in [0.25, 0.3) is 22.0 Å². The van der Waals surface area contributed by atoms with Gasteiger partial charge in [-0.3, -0.25) is 9.59 Å². The lowest BCUT2D eigenvalue weighted by atomic mass is 9.82. The number of rotatable bonds is 13. The molecule has 0 spiro atoms. The lowest BCUT2D eigenvalue weighted by Gasteiger charge is -2.27. The van der Waals surface area contributed by atoms with Gasteiger partial charge in [0.15, 0.2) is 0 Å². The zero-order valence-corrected chi connectivity index (χ0v) is 30.5. The first-order valence-corrected chi connectivity index (χ1v) is 18.5. The van der Waals surface area contributed by atoms with Crippen molar-refractivity contribution in [1.82, 2.24) is 15.2 Å². The van der Waals surface area contributed by atoms with Gasteiger partial charge < -0.3 is 31.1 Å². The number of carbonyl (C=O) groups is 3. The fourth-order valence-corrected chi connectivity index (χ4v) is 6.88. The number of amides is 2. The monoisotopic (exact) mass is 756 g/mol. The molecule has 4 aromatic carbocycles. The molecular weight excluding hydrogens is 709 g/mol. The van der Waals surface area contributed by atoms with Crippen LogP contribution in [0.1, 0.15) is 59.2 Å². The molecule has 0 radical (unpaired) electrons. The van der Waals surface area contributed by atoms with E-state index in [1.165, 1.54) is 0 Å². The van der Waals surface area contributed by atoms with Gasteiger partial charge in [-0.2, -0.15) is 13.2 Å². The number of fused-ring (bicyclic) bond motifs is 1. The van der Waals surface area contributed by atoms with Gasteiger partial charge in [-0.25, -0.2) is 4.79 Å². The van der Waals surface area contributed by atoms with Gasteiger partial charge in [0.2, 0.25) is 5.91 Å². The summed E-state index contributed by atoms with van der Waals surface area (Å²) in [4.78, 5) is 41.0. The number of carbonyl (C=O) groups excluding carboxylic acids is 2. The van der Waals surface area contributed by atoms with E-state index in [2.05, 4.69) is 40.6 Å². The highest BCUT2D eigenvalue weighted by atomic mass is 19.4. The number of phenols is 1. The molecule has 12 heteroatoms. The van der Waals surface area contributed by atoms with Crippen molar-refractivity contribution in [1.29, 1.82) is 0 Å². The number of nitrogens with one attached hydrogen (secondary N) is 2. The van der Waals surface area contributed by atoms with Crippen molar-refractivity contribution in [3.05, 3.63) is 126 Å². The van der Waals surface area contributed by atoms with E-state index in [0.29, 0.717) is 56.3 Å². The van der Waals surface area contributed by atoms with Crippen molar-refractivity contribution in [2.24, 2.45) is 17.6 Å². The largest absolute Gasteiger partial charge is 0.508 e. The Hall–Kier alpha value is -5.62. The number of para-hydroxylation sites is 1. The van der Waals surface area contributed by atoms with Gasteiger partial charge in [0, 0.05) is 48.7 Å². The molecular formula is C43H47F3N4O5. The van der Waals surface area contributed by atoms with Crippen LogP contribution in [0.15, 0.2) is 103 Å². The number of aromatic nitrogens is 1. The highest BCUT2D eigenvalue weighted by molar-refractivity contribution is 5.95. The van der Waals surface area contributed by atoms with Crippen LogP contribution in [0, 0.1) is 11.8 Å². The minimum absolute atomic E-state index is 0.0462. The highest BCUT2D eigenvalue weighted by Gasteiger charge is 2.38. The topological polar surface area (TPSA) is 149 Å². The van der Waals surface area contributed by atoms with E-state index < -0.39 is 12.1 Å². The van der Waals surface area contributed by atoms with Crippen LogP contribution in [0.2, 0.25) is 0 Å². The Labute approximate surface area is 318 Å². The lowest BCUT2D eigenvalue weighted by molar-refractivity contribution is -0.192. The molecule has 55 heavy (non-hydrogen) atoms. The molecule has 2 amide bonds. The number of carboxylic acids is 1. The molecule has 290 valence electrons. The second kappa shape index (κ2) is 19.1. The third-order valence-electron chi connectivity index (χ3n) is 10.1. The maximum absolute atomic E-state index is 13.8. The highest BCUT2D eigenvalue weighted by Crippen LogP contribution is 2.28. The molecule has 0 aliphatic heterocycles. The number of aryl methyl sites for hydroxylation is 1. The smallest absolute Gasteiger partial charge is 0.490 e. The van der Waals surface area contributed by atoms with Crippen LogP contribution in [-0.2, 0) is 29.0 Å². The van der Waals surface area contributed by atoms with Crippen LogP contribution in [0.5, 0.6) is 5.75 Å². The predicted octanol–water partition coefficient (Wildman–Crippen LogP) is 7.87. The summed E-state index contributed by atoms with van der Waals surface area (Å²) in [7, 11) is 0. The van der Waals surface area contributed by atoms with E-state index >= 15 is 0 Å². The number of aromatic amines is 1. The van der Waals surface area contributed by atoms with Crippen LogP contribution < -0.4 is 11.1 Å². The Morgan fingerprint density at radius 2 is 1.47 bits per heavy atom. The maximum Gasteiger partial charge on any atom is 0.490 e. The van der Waals surface area contributed by atoms with E-state index in [4.69, 9.17) is 15.6 Å². The molecule has 1 heterocycles. The number of alkyl halides is 3. The SMILES string of the molecule is NCC1CCC(CNC(=O)c2cccc(-c3cccc(CN(CCc4ccc(O)cc4)C(=O)CCc4c[nH]c5ccccc45)c3)c2)CC1.O=C(O)C(F)(F)F. The second-order valence-corrected chi connectivity index (χ2v) is 14.0. The molecule has 0 bridgehead atoms. The standard InChI is InChI=1S/C41H46N4O3.C2HF3O2/c42-25-30-11-13-31(14-12-30)26-44-41(48)35-8-4-7-34(24-35)33-6-3-5-32(23-33)28-45(22-21-29-15-18-37(46)19-16-29)40(47)20-17-36-27-43-39-10-2-1-9-38(36)39;3-2(4,5)1(6)7/h1-10,15-16,18-19,23-24,27,30-31,43,46H,11-14,17,20-22,25-26,28,42H2,(H,44,48);(H,6,7). The number of nitrogens with two attached hydrogens (primary N) is 1. The van der Waals surface area contributed by atoms with Gasteiger partial charge in [-0.1, -0.05) is 60.7 Å². The predicted molar refractivity (Wildman–Crippen MR) is 206 cm³/mol. The number of hydrogen-bond acceptors (Lipinski definition) is 5. The van der Waals surface area contributed by atoms with E-state index in [1.807, 2.05) is 65.7 Å². The van der Waals surface area contributed by atoms with Crippen molar-refractivity contribution >= 4 is 28.7 Å². The van der Waals surface area contributed by atoms with E-state index in [0.717, 1.165) is 70.9 Å². The second-order valence-electron chi connectivity index (χ2n) is 14.0. The van der Waals surface area contributed by atoms with Crippen LogP contribution in [-0.4, -0.2) is 63.7 Å². The average Bonchev–Trinajstić information content (AvgIpc) is 3.61. The van der Waals surface area contributed by atoms with E-state index in [1.54, 1.807) is 12.1 Å². The minimum Gasteiger partial charge on any atom is -0.508 e. The van der Waals surface area contributed by atoms with Gasteiger partial charge in [0.05, 0.1) is 0 Å². The summed E-state index contributed by atoms with van der Waals surface area (Å²) in [5.74, 6) is -1.34. The third-order valence-corrected chi connectivity index (χ3v) is 10.1. The van der Waals surface area contributed by atoms with Crippen molar-refractivity contribution in [2.75, 3.05) is 19.6 Å². The third kappa shape index (κ3) is 11.9. The molecule has 0 unspecified atom stereocenters. The summed E-state index contributed by atoms with van der Waals surface area (Å²) >= 11 is 0. The number of halogens is 3. The molecule has 1 aromatic heterocycles. The summed E-state index contributed by atoms with van der Waals surface area (Å²) < 4.78 is 31.7. The average molecular weight is 757 g/mol. The Kier molecular flexibility index (Phi) is 14.1. The zero-order valence-electron chi connectivity index (χ0n) is 30.5. The van der Waals surface area contributed by atoms with E-state index in [-0.39, 0.29) is 17.6 Å². The first-order valence-electron chi connectivity index (χ1n) is 18.5. The molecule has 6 N–H and O–H groups in total. The number of aliphatic carboxylic acids is 1. The summed E-state index contributed by atoms with van der Waals surface area (Å²) in [5, 5.41) is 21.2. The molecule has 0 saturated heterocycles. The van der Waals surface area contributed by atoms with Crippen LogP contribution >= 0.6 is 0 Å². The first-order chi connectivity index (χ1) is 26.4. The van der Waals surface area contributed by atoms with Gasteiger partial charge in [-0.05, 0) is 121 Å². The van der Waals surface area contributed by atoms with E-state index in [9.17, 15) is 27.9 Å². The number of hydrogen-bond donors (Lipinski definition) is 5. The summed E-state index contributed by atoms with van der Waals surface area (Å²) in [5.41, 5.74) is 12.8. The summed E-state index contributed by atoms with van der Waals surface area (Å²) in [6.45, 7) is 2.49. The van der Waals surface area contributed by atoms with Crippen LogP contribution in [0.3, 0.4) is 0 Å².